The van der Waals surface area contributed by atoms with Crippen LogP contribution in [0.25, 0.3) is 11.3 Å². The van der Waals surface area contributed by atoms with E-state index in [9.17, 15) is 0 Å². The molecular weight excluding hydrogens is 354 g/mol. The Morgan fingerprint density at radius 2 is 2.00 bits per heavy atom. The summed E-state index contributed by atoms with van der Waals surface area (Å²) in [6.45, 7) is 8.31. The topological polar surface area (TPSA) is 62.2 Å². The van der Waals surface area contributed by atoms with Gasteiger partial charge in [0.1, 0.15) is 5.01 Å². The van der Waals surface area contributed by atoms with Gasteiger partial charge in [0.15, 0.2) is 5.96 Å². The highest BCUT2D eigenvalue weighted by Gasteiger charge is 2.05. The monoisotopic (exact) mass is 379 g/mol. The van der Waals surface area contributed by atoms with E-state index in [0.717, 1.165) is 40.0 Å². The van der Waals surface area contributed by atoms with E-state index in [2.05, 4.69) is 58.7 Å². The van der Waals surface area contributed by atoms with Gasteiger partial charge in [-0.2, -0.15) is 0 Å². The lowest BCUT2D eigenvalue weighted by Gasteiger charge is -2.10. The van der Waals surface area contributed by atoms with E-state index in [4.69, 9.17) is 4.99 Å². The van der Waals surface area contributed by atoms with E-state index in [1.807, 2.05) is 31.3 Å². The number of aryl methyl sites for hydroxylation is 2. The fourth-order valence-corrected chi connectivity index (χ4v) is 3.52. The quantitative estimate of drug-likeness (QED) is 0.500. The zero-order chi connectivity index (χ0) is 19.1. The first-order valence-corrected chi connectivity index (χ1v) is 9.92. The molecule has 0 amide bonds. The molecule has 0 atom stereocenters. The number of guanidine groups is 1. The van der Waals surface area contributed by atoms with E-state index in [1.54, 1.807) is 11.3 Å². The van der Waals surface area contributed by atoms with Gasteiger partial charge in [0, 0.05) is 23.2 Å². The molecule has 1 aromatic carbocycles. The fourth-order valence-electron chi connectivity index (χ4n) is 2.65. The molecule has 5 nitrogen and oxygen atoms in total. The summed E-state index contributed by atoms with van der Waals surface area (Å²) in [4.78, 5) is 15.0. The molecule has 0 saturated heterocycles. The average Bonchev–Trinajstić information content (AvgIpc) is 3.02. The van der Waals surface area contributed by atoms with Gasteiger partial charge in [-0.05, 0) is 44.5 Å². The Bertz CT molecular complexity index is 882. The second kappa shape index (κ2) is 9.28. The van der Waals surface area contributed by atoms with E-state index in [-0.39, 0.29) is 0 Å². The van der Waals surface area contributed by atoms with Gasteiger partial charge in [-0.1, -0.05) is 24.3 Å². The maximum Gasteiger partial charge on any atom is 0.191 e. The van der Waals surface area contributed by atoms with Crippen molar-refractivity contribution in [3.8, 4) is 11.3 Å². The highest BCUT2D eigenvalue weighted by atomic mass is 32.1. The highest BCUT2D eigenvalue weighted by Crippen LogP contribution is 2.18. The Morgan fingerprint density at radius 1 is 1.11 bits per heavy atom. The second-order valence-corrected chi connectivity index (χ2v) is 7.50. The Labute approximate surface area is 164 Å². The van der Waals surface area contributed by atoms with Crippen molar-refractivity contribution in [1.29, 1.82) is 0 Å². The molecule has 2 N–H and O–H groups in total. The summed E-state index contributed by atoms with van der Waals surface area (Å²) in [5.41, 5.74) is 4.33. The van der Waals surface area contributed by atoms with Gasteiger partial charge in [-0.15, -0.1) is 11.3 Å². The number of benzene rings is 1. The number of hydrogen-bond acceptors (Lipinski definition) is 4. The minimum Gasteiger partial charge on any atom is -0.357 e. The molecule has 3 aromatic rings. The van der Waals surface area contributed by atoms with Crippen molar-refractivity contribution in [2.45, 2.75) is 33.9 Å². The molecule has 0 fully saturated rings. The Hall–Kier alpha value is -2.73. The van der Waals surface area contributed by atoms with Crippen LogP contribution >= 0.6 is 11.3 Å². The van der Waals surface area contributed by atoms with E-state index >= 15 is 0 Å². The number of aliphatic imine (C=N–C) groups is 1. The Kier molecular flexibility index (Phi) is 6.54. The first kappa shape index (κ1) is 19.0. The molecule has 2 aromatic heterocycles. The summed E-state index contributed by atoms with van der Waals surface area (Å²) < 4.78 is 0. The number of nitrogens with zero attached hydrogens (tertiary/aromatic N) is 3. The van der Waals surface area contributed by atoms with Crippen LogP contribution in [0.15, 0.2) is 53.7 Å². The molecule has 0 aliphatic rings. The standard InChI is InChI=1S/C21H25N5S/c1-4-22-21(25-14-20-26-15(2)16(3)27-20)24-13-17-8-7-9-18(12-17)19-10-5-6-11-23-19/h5-12H,4,13-14H2,1-3H3,(H2,22,24,25). The number of aromatic nitrogens is 2. The van der Waals surface area contributed by atoms with Crippen LogP contribution < -0.4 is 10.6 Å². The first-order chi connectivity index (χ1) is 13.2. The number of hydrogen-bond donors (Lipinski definition) is 2. The fraction of sp³-hybridized carbons (Fsp3) is 0.286. The third kappa shape index (κ3) is 5.37. The van der Waals surface area contributed by atoms with Crippen molar-refractivity contribution in [1.82, 2.24) is 20.6 Å². The lowest BCUT2D eigenvalue weighted by molar-refractivity contribution is 0.809. The van der Waals surface area contributed by atoms with Crippen LogP contribution in [0.4, 0.5) is 0 Å². The highest BCUT2D eigenvalue weighted by molar-refractivity contribution is 7.11. The summed E-state index contributed by atoms with van der Waals surface area (Å²) in [5, 5.41) is 7.74. The molecule has 0 spiro atoms. The van der Waals surface area contributed by atoms with E-state index < -0.39 is 0 Å². The molecule has 0 saturated carbocycles. The van der Waals surface area contributed by atoms with Gasteiger partial charge in [0.25, 0.3) is 0 Å². The molecule has 0 aliphatic carbocycles. The molecule has 27 heavy (non-hydrogen) atoms. The number of pyridine rings is 1. The van der Waals surface area contributed by atoms with Gasteiger partial charge in [0.05, 0.1) is 24.5 Å². The van der Waals surface area contributed by atoms with Crippen molar-refractivity contribution < 1.29 is 0 Å². The van der Waals surface area contributed by atoms with Crippen LogP contribution in [0.5, 0.6) is 0 Å². The lowest BCUT2D eigenvalue weighted by atomic mass is 10.1. The van der Waals surface area contributed by atoms with Crippen molar-refractivity contribution >= 4 is 17.3 Å². The van der Waals surface area contributed by atoms with Gasteiger partial charge >= 0.3 is 0 Å². The smallest absolute Gasteiger partial charge is 0.191 e. The summed E-state index contributed by atoms with van der Waals surface area (Å²) >= 11 is 1.73. The van der Waals surface area contributed by atoms with Gasteiger partial charge < -0.3 is 10.6 Å². The average molecular weight is 380 g/mol. The van der Waals surface area contributed by atoms with Crippen molar-refractivity contribution in [2.24, 2.45) is 4.99 Å². The van der Waals surface area contributed by atoms with Gasteiger partial charge in [-0.25, -0.2) is 9.98 Å². The Morgan fingerprint density at radius 3 is 2.70 bits per heavy atom. The summed E-state index contributed by atoms with van der Waals surface area (Å²) in [7, 11) is 0. The molecule has 3 rings (SSSR count). The zero-order valence-electron chi connectivity index (χ0n) is 16.0. The third-order valence-corrected chi connectivity index (χ3v) is 5.20. The largest absolute Gasteiger partial charge is 0.357 e. The summed E-state index contributed by atoms with van der Waals surface area (Å²) in [6.07, 6.45) is 1.81. The van der Waals surface area contributed by atoms with Gasteiger partial charge in [0.2, 0.25) is 0 Å². The van der Waals surface area contributed by atoms with Crippen LogP contribution in [0.2, 0.25) is 0 Å². The van der Waals surface area contributed by atoms with Crippen molar-refractivity contribution in [3.05, 3.63) is 69.8 Å². The molecule has 0 aliphatic heterocycles. The first-order valence-electron chi connectivity index (χ1n) is 9.11. The maximum absolute atomic E-state index is 4.71. The Balaban J connectivity index is 1.67. The molecule has 0 unspecified atom stereocenters. The molecular formula is C21H25N5S. The predicted molar refractivity (Wildman–Crippen MR) is 113 cm³/mol. The lowest BCUT2D eigenvalue weighted by Crippen LogP contribution is -2.36. The molecule has 6 heteroatoms. The predicted octanol–water partition coefficient (Wildman–Crippen LogP) is 4.08. The molecule has 0 bridgehead atoms. The SMILES string of the molecule is CCNC(=NCc1cccc(-c2ccccn2)c1)NCc1nc(C)c(C)s1. The van der Waals surface area contributed by atoms with Gasteiger partial charge in [-0.3, -0.25) is 4.98 Å². The molecule has 2 heterocycles. The maximum atomic E-state index is 4.71. The third-order valence-electron chi connectivity index (χ3n) is 4.13. The summed E-state index contributed by atoms with van der Waals surface area (Å²) in [5.74, 6) is 0.797. The van der Waals surface area contributed by atoms with Crippen molar-refractivity contribution in [3.63, 3.8) is 0 Å². The minimum atomic E-state index is 0.603. The van der Waals surface area contributed by atoms with Crippen LogP contribution in [0, 0.1) is 13.8 Å². The van der Waals surface area contributed by atoms with Crippen LogP contribution in [0.1, 0.15) is 28.1 Å². The van der Waals surface area contributed by atoms with Crippen LogP contribution in [-0.4, -0.2) is 22.5 Å². The molecule has 0 radical (unpaired) electrons. The zero-order valence-corrected chi connectivity index (χ0v) is 16.8. The number of nitrogens with one attached hydrogen (secondary N) is 2. The van der Waals surface area contributed by atoms with E-state index in [0.29, 0.717) is 13.1 Å². The second-order valence-electron chi connectivity index (χ2n) is 6.21. The van der Waals surface area contributed by atoms with Crippen LogP contribution in [-0.2, 0) is 13.1 Å². The van der Waals surface area contributed by atoms with Crippen LogP contribution in [0.3, 0.4) is 0 Å². The normalized spacial score (nSPS) is 11.4. The van der Waals surface area contributed by atoms with Crippen molar-refractivity contribution in [2.75, 3.05) is 6.54 Å². The number of thiazole rings is 1. The number of rotatable bonds is 6. The van der Waals surface area contributed by atoms with E-state index in [1.165, 1.54) is 4.88 Å². The molecule has 140 valence electrons. The summed E-state index contributed by atoms with van der Waals surface area (Å²) in [6, 6.07) is 14.3. The minimum absolute atomic E-state index is 0.603.